The molecule has 0 saturated carbocycles. The molecule has 0 atom stereocenters. The summed E-state index contributed by atoms with van der Waals surface area (Å²) in [6, 6.07) is -0.403. The Morgan fingerprint density at radius 2 is 1.43 bits per heavy atom. The highest BCUT2D eigenvalue weighted by atomic mass is 16.4. The van der Waals surface area contributed by atoms with Crippen molar-refractivity contribution < 1.29 is 19.8 Å². The van der Waals surface area contributed by atoms with Crippen LogP contribution in [0.2, 0.25) is 0 Å². The van der Waals surface area contributed by atoms with Crippen molar-refractivity contribution in [2.24, 2.45) is 0 Å². The van der Waals surface area contributed by atoms with E-state index >= 15 is 0 Å². The van der Waals surface area contributed by atoms with Gasteiger partial charge in [-0.2, -0.15) is 0 Å². The Hall–Kier alpha value is -1.10. The Bertz CT molecular complexity index is 185. The molecule has 0 bridgehead atoms. The highest BCUT2D eigenvalue weighted by Gasteiger charge is 2.21. The fraction of sp³-hybridized carbons (Fsp3) is 0.778. The van der Waals surface area contributed by atoms with Gasteiger partial charge in [-0.15, -0.1) is 0 Å². The zero-order valence-electron chi connectivity index (χ0n) is 8.56. The molecule has 0 amide bonds. The molecule has 0 aliphatic carbocycles. The molecule has 0 saturated heterocycles. The largest absolute Gasteiger partial charge is 0.481 e. The lowest BCUT2D eigenvalue weighted by atomic mass is 10.1. The summed E-state index contributed by atoms with van der Waals surface area (Å²) in [4.78, 5) is 22.9. The fourth-order valence-electron chi connectivity index (χ4n) is 1.47. The highest BCUT2D eigenvalue weighted by molar-refractivity contribution is 5.71. The second-order valence-electron chi connectivity index (χ2n) is 3.07. The Morgan fingerprint density at radius 1 is 1.07 bits per heavy atom. The van der Waals surface area contributed by atoms with Gasteiger partial charge in [-0.1, -0.05) is 13.8 Å². The van der Waals surface area contributed by atoms with Crippen LogP contribution in [-0.4, -0.2) is 46.2 Å². The smallest absolute Gasteiger partial charge is 0.304 e. The minimum atomic E-state index is -0.955. The average Bonchev–Trinajstić information content (AvgIpc) is 2.03. The summed E-state index contributed by atoms with van der Waals surface area (Å²) in [5.41, 5.74) is 0. The Kier molecular flexibility index (Phi) is 5.87. The summed E-state index contributed by atoms with van der Waals surface area (Å²) < 4.78 is 0. The van der Waals surface area contributed by atoms with Crippen molar-refractivity contribution in [1.29, 1.82) is 0 Å². The predicted molar refractivity (Wildman–Crippen MR) is 51.2 cm³/mol. The second kappa shape index (κ2) is 6.37. The van der Waals surface area contributed by atoms with Crippen molar-refractivity contribution >= 4 is 11.9 Å². The van der Waals surface area contributed by atoms with Gasteiger partial charge in [0, 0.05) is 6.04 Å². The highest BCUT2D eigenvalue weighted by Crippen LogP contribution is 2.08. The first-order valence-electron chi connectivity index (χ1n) is 4.68. The number of nitrogens with zero attached hydrogens (tertiary/aromatic N) is 1. The monoisotopic (exact) mass is 203 g/mol. The summed E-state index contributed by atoms with van der Waals surface area (Å²) >= 11 is 0. The van der Waals surface area contributed by atoms with Gasteiger partial charge in [0.15, 0.2) is 0 Å². The molecule has 5 nitrogen and oxygen atoms in total. The summed E-state index contributed by atoms with van der Waals surface area (Å²) in [5, 5.41) is 17.2. The Balaban J connectivity index is 4.35. The van der Waals surface area contributed by atoms with Crippen molar-refractivity contribution in [2.45, 2.75) is 32.7 Å². The van der Waals surface area contributed by atoms with E-state index < -0.39 is 18.0 Å². The lowest BCUT2D eigenvalue weighted by Gasteiger charge is -2.27. The molecule has 0 aliphatic rings. The molecule has 0 aromatic carbocycles. The molecule has 0 radical (unpaired) electrons. The zero-order valence-corrected chi connectivity index (χ0v) is 8.56. The number of hydrogen-bond donors (Lipinski definition) is 2. The SMILES string of the molecule is CCN(CC)C(CC(=O)O)CC(=O)O. The van der Waals surface area contributed by atoms with Crippen molar-refractivity contribution in [1.82, 2.24) is 4.90 Å². The fourth-order valence-corrected chi connectivity index (χ4v) is 1.47. The van der Waals surface area contributed by atoms with Gasteiger partial charge in [0.25, 0.3) is 0 Å². The maximum Gasteiger partial charge on any atom is 0.304 e. The van der Waals surface area contributed by atoms with E-state index in [1.807, 2.05) is 18.7 Å². The van der Waals surface area contributed by atoms with Gasteiger partial charge >= 0.3 is 11.9 Å². The number of rotatable bonds is 7. The first-order valence-corrected chi connectivity index (χ1v) is 4.68. The first kappa shape index (κ1) is 12.9. The van der Waals surface area contributed by atoms with Gasteiger partial charge in [-0.05, 0) is 13.1 Å². The van der Waals surface area contributed by atoms with Crippen molar-refractivity contribution in [2.75, 3.05) is 13.1 Å². The topological polar surface area (TPSA) is 77.8 Å². The average molecular weight is 203 g/mol. The van der Waals surface area contributed by atoms with Crippen LogP contribution in [0.15, 0.2) is 0 Å². The molecule has 82 valence electrons. The maximum absolute atomic E-state index is 10.5. The first-order chi connectivity index (χ1) is 6.51. The van der Waals surface area contributed by atoms with Crippen LogP contribution in [0, 0.1) is 0 Å². The molecule has 14 heavy (non-hydrogen) atoms. The standard InChI is InChI=1S/C9H17NO4/c1-3-10(4-2)7(5-8(11)12)6-9(13)14/h7H,3-6H2,1-2H3,(H,11,12)(H,13,14). The van der Waals surface area contributed by atoms with Crippen LogP contribution < -0.4 is 0 Å². The third kappa shape index (κ3) is 4.81. The molecule has 0 heterocycles. The van der Waals surface area contributed by atoms with E-state index in [4.69, 9.17) is 10.2 Å². The lowest BCUT2D eigenvalue weighted by Crippen LogP contribution is -2.38. The van der Waals surface area contributed by atoms with E-state index in [-0.39, 0.29) is 12.8 Å². The minimum absolute atomic E-state index is 0.117. The van der Waals surface area contributed by atoms with Gasteiger partial charge in [-0.3, -0.25) is 14.5 Å². The molecule has 0 fully saturated rings. The van der Waals surface area contributed by atoms with Gasteiger partial charge in [0.1, 0.15) is 0 Å². The molecule has 0 aromatic heterocycles. The molecule has 0 spiro atoms. The van der Waals surface area contributed by atoms with Crippen LogP contribution in [0.1, 0.15) is 26.7 Å². The van der Waals surface area contributed by atoms with Gasteiger partial charge in [0.2, 0.25) is 0 Å². The van der Waals surface area contributed by atoms with Crippen LogP contribution in [-0.2, 0) is 9.59 Å². The molecular formula is C9H17NO4. The number of aliphatic carboxylic acids is 2. The van der Waals surface area contributed by atoms with Crippen LogP contribution in [0.25, 0.3) is 0 Å². The van der Waals surface area contributed by atoms with E-state index in [1.54, 1.807) is 0 Å². The summed E-state index contributed by atoms with van der Waals surface area (Å²) in [6.07, 6.45) is -0.234. The lowest BCUT2D eigenvalue weighted by molar-refractivity contribution is -0.141. The molecule has 2 N–H and O–H groups in total. The van der Waals surface area contributed by atoms with Crippen LogP contribution in [0.5, 0.6) is 0 Å². The van der Waals surface area contributed by atoms with Crippen molar-refractivity contribution in [3.63, 3.8) is 0 Å². The quantitative estimate of drug-likeness (QED) is 0.635. The summed E-state index contributed by atoms with van der Waals surface area (Å²) in [6.45, 7) is 5.11. The molecule has 0 aromatic rings. The minimum Gasteiger partial charge on any atom is -0.481 e. The summed E-state index contributed by atoms with van der Waals surface area (Å²) in [5.74, 6) is -1.91. The van der Waals surface area contributed by atoms with Crippen molar-refractivity contribution in [3.8, 4) is 0 Å². The number of carboxylic acids is 2. The van der Waals surface area contributed by atoms with E-state index in [0.717, 1.165) is 0 Å². The second-order valence-corrected chi connectivity index (χ2v) is 3.07. The van der Waals surface area contributed by atoms with Gasteiger partial charge < -0.3 is 10.2 Å². The molecule has 0 rings (SSSR count). The molecule has 0 unspecified atom stereocenters. The normalized spacial score (nSPS) is 10.9. The van der Waals surface area contributed by atoms with Crippen LogP contribution >= 0.6 is 0 Å². The number of carbonyl (C=O) groups is 2. The van der Waals surface area contributed by atoms with Gasteiger partial charge in [-0.25, -0.2) is 0 Å². The van der Waals surface area contributed by atoms with Crippen LogP contribution in [0.4, 0.5) is 0 Å². The number of hydrogen-bond acceptors (Lipinski definition) is 3. The van der Waals surface area contributed by atoms with Gasteiger partial charge in [0.05, 0.1) is 12.8 Å². The zero-order chi connectivity index (χ0) is 11.1. The number of carboxylic acid groups (broad SMARTS) is 2. The third-order valence-electron chi connectivity index (χ3n) is 2.15. The third-order valence-corrected chi connectivity index (χ3v) is 2.15. The molecular weight excluding hydrogens is 186 g/mol. The maximum atomic E-state index is 10.5. The Morgan fingerprint density at radius 3 is 1.64 bits per heavy atom. The predicted octanol–water partition coefficient (Wildman–Crippen LogP) is 0.646. The molecule has 0 aliphatic heterocycles. The van der Waals surface area contributed by atoms with E-state index in [2.05, 4.69) is 0 Å². The Labute approximate surface area is 83.3 Å². The van der Waals surface area contributed by atoms with E-state index in [0.29, 0.717) is 13.1 Å². The van der Waals surface area contributed by atoms with Crippen LogP contribution in [0.3, 0.4) is 0 Å². The van der Waals surface area contributed by atoms with Crippen molar-refractivity contribution in [3.05, 3.63) is 0 Å². The molecule has 5 heteroatoms. The van der Waals surface area contributed by atoms with E-state index in [9.17, 15) is 9.59 Å². The van der Waals surface area contributed by atoms with E-state index in [1.165, 1.54) is 0 Å². The summed E-state index contributed by atoms with van der Waals surface area (Å²) in [7, 11) is 0.